The Balaban J connectivity index is 1.72. The standard InChI is InChI=1S/C16H30N2O3/c1-16(2,3)21-15(20)18(13-6-7-13)11-10-17-12-4-8-14(19)9-5-12/h12-14,17,19H,4-11H2,1-3H3. The molecule has 0 aromatic carbocycles. The summed E-state index contributed by atoms with van der Waals surface area (Å²) in [5, 5.41) is 13.0. The van der Waals surface area contributed by atoms with Gasteiger partial charge in [-0.05, 0) is 59.3 Å². The van der Waals surface area contributed by atoms with Gasteiger partial charge < -0.3 is 20.1 Å². The molecule has 0 bridgehead atoms. The van der Waals surface area contributed by atoms with E-state index in [1.54, 1.807) is 0 Å². The molecule has 122 valence electrons. The summed E-state index contributed by atoms with van der Waals surface area (Å²) < 4.78 is 5.48. The molecule has 0 saturated heterocycles. The van der Waals surface area contributed by atoms with Crippen LogP contribution in [-0.2, 0) is 4.74 Å². The van der Waals surface area contributed by atoms with E-state index in [-0.39, 0.29) is 12.2 Å². The van der Waals surface area contributed by atoms with Crippen molar-refractivity contribution >= 4 is 6.09 Å². The Labute approximate surface area is 128 Å². The van der Waals surface area contributed by atoms with Crippen LogP contribution in [0.2, 0.25) is 0 Å². The van der Waals surface area contributed by atoms with E-state index in [9.17, 15) is 9.90 Å². The molecule has 2 rings (SSSR count). The number of hydrogen-bond donors (Lipinski definition) is 2. The molecule has 5 nitrogen and oxygen atoms in total. The van der Waals surface area contributed by atoms with E-state index in [0.29, 0.717) is 18.6 Å². The van der Waals surface area contributed by atoms with Gasteiger partial charge in [-0.1, -0.05) is 0 Å². The maximum atomic E-state index is 12.2. The summed E-state index contributed by atoms with van der Waals surface area (Å²) >= 11 is 0. The van der Waals surface area contributed by atoms with Gasteiger partial charge in [-0.25, -0.2) is 4.79 Å². The first-order valence-corrected chi connectivity index (χ1v) is 8.26. The number of ether oxygens (including phenoxy) is 1. The molecular formula is C16H30N2O3. The molecule has 0 atom stereocenters. The maximum Gasteiger partial charge on any atom is 0.410 e. The minimum absolute atomic E-state index is 0.118. The first-order chi connectivity index (χ1) is 9.85. The molecule has 0 spiro atoms. The van der Waals surface area contributed by atoms with Crippen molar-refractivity contribution in [2.45, 2.75) is 83.1 Å². The van der Waals surface area contributed by atoms with Crippen LogP contribution in [0.5, 0.6) is 0 Å². The first kappa shape index (κ1) is 16.6. The summed E-state index contributed by atoms with van der Waals surface area (Å²) in [6.07, 6.45) is 5.70. The third-order valence-electron chi connectivity index (χ3n) is 4.10. The van der Waals surface area contributed by atoms with Crippen LogP contribution in [0.25, 0.3) is 0 Å². The van der Waals surface area contributed by atoms with Gasteiger partial charge >= 0.3 is 6.09 Å². The number of hydrogen-bond acceptors (Lipinski definition) is 4. The summed E-state index contributed by atoms with van der Waals surface area (Å²) in [5.74, 6) is 0. The van der Waals surface area contributed by atoms with Crippen LogP contribution in [0.1, 0.15) is 59.3 Å². The Bertz CT molecular complexity index is 342. The summed E-state index contributed by atoms with van der Waals surface area (Å²) in [4.78, 5) is 14.1. The van der Waals surface area contributed by atoms with Gasteiger partial charge in [0.1, 0.15) is 5.60 Å². The monoisotopic (exact) mass is 298 g/mol. The number of nitrogens with one attached hydrogen (secondary N) is 1. The second-order valence-corrected chi connectivity index (χ2v) is 7.36. The second-order valence-electron chi connectivity index (χ2n) is 7.36. The number of carbonyl (C=O) groups is 1. The van der Waals surface area contributed by atoms with Crippen molar-refractivity contribution in [1.29, 1.82) is 0 Å². The first-order valence-electron chi connectivity index (χ1n) is 8.26. The number of rotatable bonds is 5. The molecule has 5 heteroatoms. The molecule has 1 amide bonds. The van der Waals surface area contributed by atoms with Gasteiger partial charge in [0.25, 0.3) is 0 Å². The fourth-order valence-electron chi connectivity index (χ4n) is 2.80. The van der Waals surface area contributed by atoms with E-state index in [1.807, 2.05) is 25.7 Å². The van der Waals surface area contributed by atoms with Crippen LogP contribution in [0.4, 0.5) is 4.79 Å². The van der Waals surface area contributed by atoms with Crippen molar-refractivity contribution in [2.75, 3.05) is 13.1 Å². The van der Waals surface area contributed by atoms with Gasteiger partial charge in [-0.2, -0.15) is 0 Å². The van der Waals surface area contributed by atoms with E-state index in [4.69, 9.17) is 4.74 Å². The van der Waals surface area contributed by atoms with Crippen molar-refractivity contribution in [3.05, 3.63) is 0 Å². The molecule has 0 radical (unpaired) electrons. The molecular weight excluding hydrogens is 268 g/mol. The molecule has 2 aliphatic rings. The van der Waals surface area contributed by atoms with Gasteiger partial charge in [0.15, 0.2) is 0 Å². The fourth-order valence-corrected chi connectivity index (χ4v) is 2.80. The lowest BCUT2D eigenvalue weighted by atomic mass is 9.93. The van der Waals surface area contributed by atoms with Gasteiger partial charge in [-0.3, -0.25) is 0 Å². The lowest BCUT2D eigenvalue weighted by Gasteiger charge is -2.29. The van der Waals surface area contributed by atoms with Crippen LogP contribution in [0, 0.1) is 0 Å². The van der Waals surface area contributed by atoms with Crippen LogP contribution in [0.15, 0.2) is 0 Å². The average molecular weight is 298 g/mol. The Kier molecular flexibility index (Phi) is 5.49. The number of aliphatic hydroxyl groups is 1. The third-order valence-corrected chi connectivity index (χ3v) is 4.10. The van der Waals surface area contributed by atoms with E-state index in [2.05, 4.69) is 5.32 Å². The van der Waals surface area contributed by atoms with E-state index < -0.39 is 5.60 Å². The van der Waals surface area contributed by atoms with Gasteiger partial charge in [0, 0.05) is 25.2 Å². The highest BCUT2D eigenvalue weighted by Gasteiger charge is 2.35. The summed E-state index contributed by atoms with van der Waals surface area (Å²) in [6, 6.07) is 0.850. The van der Waals surface area contributed by atoms with Crippen molar-refractivity contribution < 1.29 is 14.6 Å². The van der Waals surface area contributed by atoms with Gasteiger partial charge in [0.05, 0.1) is 6.10 Å². The third kappa shape index (κ3) is 5.83. The largest absolute Gasteiger partial charge is 0.444 e. The number of nitrogens with zero attached hydrogens (tertiary/aromatic N) is 1. The Morgan fingerprint density at radius 2 is 1.81 bits per heavy atom. The molecule has 2 N–H and O–H groups in total. The van der Waals surface area contributed by atoms with Crippen molar-refractivity contribution in [3.63, 3.8) is 0 Å². The zero-order chi connectivity index (χ0) is 15.5. The van der Waals surface area contributed by atoms with Crippen LogP contribution < -0.4 is 5.32 Å². The lowest BCUT2D eigenvalue weighted by Crippen LogP contribution is -2.44. The second kappa shape index (κ2) is 6.97. The normalized spacial score (nSPS) is 26.5. The summed E-state index contributed by atoms with van der Waals surface area (Å²) in [5.41, 5.74) is -0.433. The zero-order valence-electron chi connectivity index (χ0n) is 13.6. The topological polar surface area (TPSA) is 61.8 Å². The van der Waals surface area contributed by atoms with Crippen LogP contribution >= 0.6 is 0 Å². The predicted octanol–water partition coefficient (Wildman–Crippen LogP) is 2.28. The highest BCUT2D eigenvalue weighted by Crippen LogP contribution is 2.28. The predicted molar refractivity (Wildman–Crippen MR) is 82.2 cm³/mol. The number of aliphatic hydroxyl groups excluding tert-OH is 1. The van der Waals surface area contributed by atoms with Crippen molar-refractivity contribution in [2.24, 2.45) is 0 Å². The summed E-state index contributed by atoms with van der Waals surface area (Å²) in [6.45, 7) is 7.22. The average Bonchev–Trinajstić information content (AvgIpc) is 3.19. The Morgan fingerprint density at radius 3 is 2.33 bits per heavy atom. The molecule has 0 aliphatic heterocycles. The van der Waals surface area contributed by atoms with Crippen molar-refractivity contribution in [1.82, 2.24) is 10.2 Å². The molecule has 2 aliphatic carbocycles. The Morgan fingerprint density at radius 1 is 1.19 bits per heavy atom. The molecule has 0 heterocycles. The van der Waals surface area contributed by atoms with Gasteiger partial charge in [-0.15, -0.1) is 0 Å². The molecule has 2 saturated carbocycles. The van der Waals surface area contributed by atoms with E-state index in [1.165, 1.54) is 0 Å². The molecule has 0 unspecified atom stereocenters. The van der Waals surface area contributed by atoms with E-state index in [0.717, 1.165) is 45.1 Å². The minimum Gasteiger partial charge on any atom is -0.444 e. The molecule has 0 aromatic heterocycles. The molecule has 0 aromatic rings. The smallest absolute Gasteiger partial charge is 0.410 e. The molecule has 2 fully saturated rings. The quantitative estimate of drug-likeness (QED) is 0.817. The lowest BCUT2D eigenvalue weighted by molar-refractivity contribution is 0.0233. The highest BCUT2D eigenvalue weighted by atomic mass is 16.6. The number of amides is 1. The SMILES string of the molecule is CC(C)(C)OC(=O)N(CCNC1CCC(O)CC1)C1CC1. The Hall–Kier alpha value is -0.810. The van der Waals surface area contributed by atoms with Crippen LogP contribution in [-0.4, -0.2) is 53.0 Å². The zero-order valence-corrected chi connectivity index (χ0v) is 13.6. The minimum atomic E-state index is -0.433. The van der Waals surface area contributed by atoms with Crippen LogP contribution in [0.3, 0.4) is 0 Å². The molecule has 21 heavy (non-hydrogen) atoms. The highest BCUT2D eigenvalue weighted by molar-refractivity contribution is 5.69. The van der Waals surface area contributed by atoms with Crippen molar-refractivity contribution in [3.8, 4) is 0 Å². The van der Waals surface area contributed by atoms with E-state index >= 15 is 0 Å². The van der Waals surface area contributed by atoms with Gasteiger partial charge in [0.2, 0.25) is 0 Å². The number of carbonyl (C=O) groups excluding carboxylic acids is 1. The summed E-state index contributed by atoms with van der Waals surface area (Å²) in [7, 11) is 0. The fraction of sp³-hybridized carbons (Fsp3) is 0.938. The maximum absolute atomic E-state index is 12.2.